The molecule has 5 heteroatoms. The number of nitrogens with zero attached hydrogens (tertiary/aromatic N) is 2. The van der Waals surface area contributed by atoms with E-state index in [-0.39, 0.29) is 11.1 Å². The first kappa shape index (κ1) is 14.1. The van der Waals surface area contributed by atoms with Crippen molar-refractivity contribution < 1.29 is 14.6 Å². The number of ether oxygens (including phenoxy) is 1. The highest BCUT2D eigenvalue weighted by Gasteiger charge is 2.34. The van der Waals surface area contributed by atoms with E-state index in [1.807, 2.05) is 6.07 Å². The smallest absolute Gasteiger partial charge is 0.335 e. The van der Waals surface area contributed by atoms with Crippen molar-refractivity contribution in [2.75, 3.05) is 13.7 Å². The molecule has 0 saturated heterocycles. The molecule has 1 aliphatic rings. The highest BCUT2D eigenvalue weighted by atomic mass is 16.5. The zero-order valence-corrected chi connectivity index (χ0v) is 12.6. The van der Waals surface area contributed by atoms with E-state index >= 15 is 0 Å². The van der Waals surface area contributed by atoms with Gasteiger partial charge in [-0.25, -0.2) is 9.78 Å². The maximum atomic E-state index is 11.1. The van der Waals surface area contributed by atoms with Crippen LogP contribution >= 0.6 is 0 Å². The lowest BCUT2D eigenvalue weighted by atomic mass is 10.1. The van der Waals surface area contributed by atoms with E-state index in [1.165, 1.54) is 0 Å². The quantitative estimate of drug-likeness (QED) is 0.918. The largest absolute Gasteiger partial charge is 0.478 e. The number of fused-ring (bicyclic) bond motifs is 1. The number of carbonyl (C=O) groups is 1. The normalized spacial score (nSPS) is 15.6. The summed E-state index contributed by atoms with van der Waals surface area (Å²) in [6.45, 7) is 4.82. The molecule has 1 aromatic heterocycles. The number of carboxylic acid groups (broad SMARTS) is 1. The van der Waals surface area contributed by atoms with E-state index in [2.05, 4.69) is 18.4 Å². The summed E-state index contributed by atoms with van der Waals surface area (Å²) in [5.74, 6) is 0.618. The fraction of sp³-hybridized carbons (Fsp3) is 0.500. The Hall–Kier alpha value is -1.88. The van der Waals surface area contributed by atoms with Crippen molar-refractivity contribution in [1.82, 2.24) is 9.55 Å². The zero-order valence-electron chi connectivity index (χ0n) is 12.6. The Morgan fingerprint density at radius 2 is 2.19 bits per heavy atom. The van der Waals surface area contributed by atoms with Gasteiger partial charge in [-0.15, -0.1) is 0 Å². The van der Waals surface area contributed by atoms with E-state index < -0.39 is 5.97 Å². The first-order valence-electron chi connectivity index (χ1n) is 7.19. The molecule has 3 rings (SSSR count). The lowest BCUT2D eigenvalue weighted by Gasteiger charge is -2.28. The van der Waals surface area contributed by atoms with Crippen molar-refractivity contribution in [2.24, 2.45) is 0 Å². The molecule has 0 spiro atoms. The van der Waals surface area contributed by atoms with Crippen LogP contribution in [0.4, 0.5) is 0 Å². The average molecular weight is 288 g/mol. The van der Waals surface area contributed by atoms with Crippen LogP contribution in [0.1, 0.15) is 48.8 Å². The Bertz CT molecular complexity index is 699. The second-order valence-corrected chi connectivity index (χ2v) is 6.33. The van der Waals surface area contributed by atoms with Gasteiger partial charge in [0.1, 0.15) is 5.82 Å². The van der Waals surface area contributed by atoms with Crippen molar-refractivity contribution in [3.8, 4) is 0 Å². The van der Waals surface area contributed by atoms with Gasteiger partial charge < -0.3 is 14.4 Å². The summed E-state index contributed by atoms with van der Waals surface area (Å²) < 4.78 is 7.57. The van der Waals surface area contributed by atoms with E-state index in [9.17, 15) is 4.79 Å². The van der Waals surface area contributed by atoms with Crippen LogP contribution in [0.15, 0.2) is 18.2 Å². The number of hydrogen-bond donors (Lipinski definition) is 1. The van der Waals surface area contributed by atoms with Gasteiger partial charge in [-0.1, -0.05) is 0 Å². The van der Waals surface area contributed by atoms with E-state index in [1.54, 1.807) is 19.2 Å². The standard InChI is InChI=1S/C16H20N2O3/c1-16(2,9-21-3)18-13-7-6-11(15(19)20)8-12(13)17-14(18)10-4-5-10/h6-8,10H,4-5,9H2,1-3H3,(H,19,20). The molecule has 0 atom stereocenters. The van der Waals surface area contributed by atoms with E-state index in [0.717, 1.165) is 29.7 Å². The molecule has 2 aromatic rings. The van der Waals surface area contributed by atoms with Crippen LogP contribution in [0.2, 0.25) is 0 Å². The summed E-state index contributed by atoms with van der Waals surface area (Å²) in [6.07, 6.45) is 2.30. The maximum absolute atomic E-state index is 11.1. The van der Waals surface area contributed by atoms with Gasteiger partial charge in [-0.05, 0) is 44.9 Å². The Balaban J connectivity index is 2.20. The van der Waals surface area contributed by atoms with Crippen LogP contribution in [-0.2, 0) is 10.3 Å². The molecule has 0 unspecified atom stereocenters. The SMILES string of the molecule is COCC(C)(C)n1c(C2CC2)nc2cc(C(=O)O)ccc21. The van der Waals surface area contributed by atoms with Gasteiger partial charge in [0.05, 0.1) is 28.7 Å². The Morgan fingerprint density at radius 3 is 2.76 bits per heavy atom. The number of benzene rings is 1. The summed E-state index contributed by atoms with van der Waals surface area (Å²) in [6, 6.07) is 5.15. The minimum absolute atomic E-state index is 0.216. The molecule has 1 fully saturated rings. The molecule has 0 bridgehead atoms. The van der Waals surface area contributed by atoms with Crippen LogP contribution < -0.4 is 0 Å². The number of rotatable bonds is 5. The van der Waals surface area contributed by atoms with Gasteiger partial charge in [0.15, 0.2) is 0 Å². The topological polar surface area (TPSA) is 64.4 Å². The fourth-order valence-corrected chi connectivity index (χ4v) is 2.90. The van der Waals surface area contributed by atoms with Gasteiger partial charge in [-0.2, -0.15) is 0 Å². The summed E-state index contributed by atoms with van der Waals surface area (Å²) >= 11 is 0. The lowest BCUT2D eigenvalue weighted by molar-refractivity contribution is 0.0697. The maximum Gasteiger partial charge on any atom is 0.335 e. The first-order valence-corrected chi connectivity index (χ1v) is 7.19. The van der Waals surface area contributed by atoms with Crippen molar-refractivity contribution in [2.45, 2.75) is 38.1 Å². The molecule has 0 radical (unpaired) electrons. The average Bonchev–Trinajstić information content (AvgIpc) is 3.17. The monoisotopic (exact) mass is 288 g/mol. The van der Waals surface area contributed by atoms with Gasteiger partial charge in [0.2, 0.25) is 0 Å². The third kappa shape index (κ3) is 2.42. The van der Waals surface area contributed by atoms with Crippen LogP contribution in [-0.4, -0.2) is 34.3 Å². The predicted octanol–water partition coefficient (Wildman–Crippen LogP) is 2.99. The number of aromatic nitrogens is 2. The number of imidazole rings is 1. The molecule has 1 heterocycles. The molecule has 1 aliphatic carbocycles. The van der Waals surface area contributed by atoms with Gasteiger partial charge >= 0.3 is 5.97 Å². The Kier molecular flexibility index (Phi) is 3.24. The second-order valence-electron chi connectivity index (χ2n) is 6.33. The highest BCUT2D eigenvalue weighted by Crippen LogP contribution is 2.42. The van der Waals surface area contributed by atoms with Crippen molar-refractivity contribution in [3.05, 3.63) is 29.6 Å². The molecule has 1 aromatic carbocycles. The van der Waals surface area contributed by atoms with Crippen LogP contribution in [0.25, 0.3) is 11.0 Å². The molecule has 5 nitrogen and oxygen atoms in total. The van der Waals surface area contributed by atoms with Gasteiger partial charge in [0, 0.05) is 13.0 Å². The molecule has 112 valence electrons. The summed E-state index contributed by atoms with van der Waals surface area (Å²) in [7, 11) is 1.69. The number of carboxylic acids is 1. The summed E-state index contributed by atoms with van der Waals surface area (Å²) in [4.78, 5) is 15.8. The lowest BCUT2D eigenvalue weighted by Crippen LogP contribution is -2.32. The Labute approximate surface area is 123 Å². The third-order valence-corrected chi connectivity index (χ3v) is 3.97. The molecule has 0 aliphatic heterocycles. The van der Waals surface area contributed by atoms with E-state index in [4.69, 9.17) is 14.8 Å². The molecule has 0 amide bonds. The molecule has 1 saturated carbocycles. The van der Waals surface area contributed by atoms with Gasteiger partial charge in [0.25, 0.3) is 0 Å². The van der Waals surface area contributed by atoms with Crippen LogP contribution in [0.3, 0.4) is 0 Å². The molecule has 21 heavy (non-hydrogen) atoms. The second kappa shape index (κ2) is 4.84. The fourth-order valence-electron chi connectivity index (χ4n) is 2.90. The van der Waals surface area contributed by atoms with Crippen LogP contribution in [0.5, 0.6) is 0 Å². The number of methoxy groups -OCH3 is 1. The molecular formula is C16H20N2O3. The van der Waals surface area contributed by atoms with Crippen molar-refractivity contribution in [3.63, 3.8) is 0 Å². The zero-order chi connectivity index (χ0) is 15.2. The molecular weight excluding hydrogens is 268 g/mol. The summed E-state index contributed by atoms with van der Waals surface area (Å²) in [5.41, 5.74) is 1.79. The summed E-state index contributed by atoms with van der Waals surface area (Å²) in [5, 5.41) is 9.13. The predicted molar refractivity (Wildman–Crippen MR) is 79.9 cm³/mol. The van der Waals surface area contributed by atoms with E-state index in [0.29, 0.717) is 12.5 Å². The number of aromatic carboxylic acids is 1. The van der Waals surface area contributed by atoms with Gasteiger partial charge in [-0.3, -0.25) is 0 Å². The highest BCUT2D eigenvalue weighted by molar-refractivity contribution is 5.92. The minimum Gasteiger partial charge on any atom is -0.478 e. The minimum atomic E-state index is -0.921. The number of hydrogen-bond acceptors (Lipinski definition) is 3. The van der Waals surface area contributed by atoms with Crippen LogP contribution in [0, 0.1) is 0 Å². The first-order chi connectivity index (χ1) is 9.94. The van der Waals surface area contributed by atoms with Crippen molar-refractivity contribution in [1.29, 1.82) is 0 Å². The Morgan fingerprint density at radius 1 is 1.48 bits per heavy atom. The third-order valence-electron chi connectivity index (χ3n) is 3.97. The molecule has 1 N–H and O–H groups in total. The van der Waals surface area contributed by atoms with Crippen molar-refractivity contribution >= 4 is 17.0 Å².